The number of rotatable bonds is 5. The smallest absolute Gasteiger partial charge is 0.226 e. The molecule has 2 aliphatic rings. The highest BCUT2D eigenvalue weighted by molar-refractivity contribution is 7.82. The molecule has 1 aliphatic heterocycles. The topological polar surface area (TPSA) is 49.4 Å². The van der Waals surface area contributed by atoms with Gasteiger partial charge < -0.3 is 4.90 Å². The van der Waals surface area contributed by atoms with E-state index in [1.165, 1.54) is 17.7 Å². The first-order valence-corrected chi connectivity index (χ1v) is 11.8. The van der Waals surface area contributed by atoms with Crippen LogP contribution in [0.25, 0.3) is 11.1 Å². The predicted octanol–water partition coefficient (Wildman–Crippen LogP) is 3.86. The number of carbonyl (C=O) groups excluding carboxylic acids is 1. The normalized spacial score (nSPS) is 25.3. The van der Waals surface area contributed by atoms with Gasteiger partial charge in [-0.15, -0.1) is 0 Å². The fourth-order valence-electron chi connectivity index (χ4n) is 4.43. The molecule has 2 fully saturated rings. The van der Waals surface area contributed by atoms with E-state index in [4.69, 9.17) is 0 Å². The molecule has 0 aromatic heterocycles. The summed E-state index contributed by atoms with van der Waals surface area (Å²) in [7, 11) is -1.02. The monoisotopic (exact) mass is 414 g/mol. The minimum atomic E-state index is -1.02. The third-order valence-electron chi connectivity index (χ3n) is 6.00. The molecule has 0 bridgehead atoms. The zero-order valence-corrected chi connectivity index (χ0v) is 17.5. The van der Waals surface area contributed by atoms with Gasteiger partial charge in [0.1, 0.15) is 5.82 Å². The molecule has 1 amide bonds. The first-order valence-electron chi connectivity index (χ1n) is 10.3. The molecule has 1 saturated heterocycles. The molecule has 1 saturated carbocycles. The van der Waals surface area contributed by atoms with Crippen molar-refractivity contribution in [2.45, 2.75) is 37.6 Å². The highest BCUT2D eigenvalue weighted by Crippen LogP contribution is 2.51. The lowest BCUT2D eigenvalue weighted by Crippen LogP contribution is -2.35. The number of halogens is 1. The summed E-state index contributed by atoms with van der Waals surface area (Å²) in [6.45, 7) is 1.49. The van der Waals surface area contributed by atoms with Crippen LogP contribution in [0.5, 0.6) is 0 Å². The molecule has 4 rings (SSSR count). The van der Waals surface area contributed by atoms with Crippen molar-refractivity contribution in [2.24, 2.45) is 5.92 Å². The Kier molecular flexibility index (Phi) is 6.11. The summed E-state index contributed by atoms with van der Waals surface area (Å²) in [5, 5.41) is 0. The number of nitrogens with zero attached hydrogens (tertiary/aromatic N) is 1. The summed E-state index contributed by atoms with van der Waals surface area (Å²) >= 11 is 0. The summed E-state index contributed by atoms with van der Waals surface area (Å²) < 4.78 is 27.8. The molecule has 4 nitrogen and oxygen atoms in total. The predicted molar refractivity (Wildman–Crippen MR) is 114 cm³/mol. The van der Waals surface area contributed by atoms with Crippen LogP contribution >= 0.6 is 0 Å². The number of benzene rings is 2. The van der Waals surface area contributed by atoms with Crippen LogP contribution in [-0.4, -0.2) is 40.4 Å². The molecular formula is C23H27FN2O2S. The van der Waals surface area contributed by atoms with E-state index in [0.717, 1.165) is 49.9 Å². The van der Waals surface area contributed by atoms with Crippen molar-refractivity contribution in [1.29, 1.82) is 0 Å². The molecule has 0 radical (unpaired) electrons. The molecular weight excluding hydrogens is 387 g/mol. The Hall–Kier alpha value is -2.05. The van der Waals surface area contributed by atoms with Gasteiger partial charge in [0.2, 0.25) is 5.91 Å². The zero-order chi connectivity index (χ0) is 20.4. The summed E-state index contributed by atoms with van der Waals surface area (Å²) in [5.41, 5.74) is 3.24. The van der Waals surface area contributed by atoms with E-state index in [2.05, 4.69) is 16.9 Å². The van der Waals surface area contributed by atoms with Gasteiger partial charge in [-0.25, -0.2) is 13.3 Å². The van der Waals surface area contributed by atoms with Crippen LogP contribution in [0.1, 0.15) is 37.2 Å². The number of likely N-dealkylation sites (tertiary alicyclic amines) is 1. The molecule has 2 aromatic carbocycles. The van der Waals surface area contributed by atoms with Crippen LogP contribution in [0.15, 0.2) is 48.5 Å². The van der Waals surface area contributed by atoms with E-state index < -0.39 is 11.0 Å². The lowest BCUT2D eigenvalue weighted by atomic mass is 9.96. The molecule has 4 atom stereocenters. The van der Waals surface area contributed by atoms with Gasteiger partial charge in [-0.3, -0.25) is 4.79 Å². The lowest BCUT2D eigenvalue weighted by Gasteiger charge is -2.21. The van der Waals surface area contributed by atoms with Crippen LogP contribution in [0.3, 0.4) is 0 Å². The van der Waals surface area contributed by atoms with Crippen molar-refractivity contribution >= 4 is 16.9 Å². The molecule has 2 aromatic rings. The van der Waals surface area contributed by atoms with Crippen LogP contribution in [0, 0.1) is 11.7 Å². The number of amides is 1. The molecule has 1 heterocycles. The fourth-order valence-corrected chi connectivity index (χ4v) is 5.13. The Balaban J connectivity index is 1.44. The van der Waals surface area contributed by atoms with Crippen molar-refractivity contribution < 1.29 is 13.4 Å². The van der Waals surface area contributed by atoms with E-state index in [1.54, 1.807) is 18.4 Å². The lowest BCUT2D eigenvalue weighted by molar-refractivity contribution is -0.132. The number of hydrogen-bond acceptors (Lipinski definition) is 2. The average molecular weight is 415 g/mol. The minimum Gasteiger partial charge on any atom is -0.342 e. The third-order valence-corrected chi connectivity index (χ3v) is 6.66. The van der Waals surface area contributed by atoms with Crippen LogP contribution in [-0.2, 0) is 15.8 Å². The molecule has 29 heavy (non-hydrogen) atoms. The fraction of sp³-hybridized carbons (Fsp3) is 0.435. The van der Waals surface area contributed by atoms with Crippen molar-refractivity contribution in [3.05, 3.63) is 59.9 Å². The SMILES string of the molecule is CS(=O)NC1CCCN(C(=O)C2CC2c2ccccc2-c2ccc(F)cc2)CC1. The first kappa shape index (κ1) is 20.2. The van der Waals surface area contributed by atoms with E-state index in [1.807, 2.05) is 17.0 Å². The Bertz CT molecular complexity index is 902. The van der Waals surface area contributed by atoms with Crippen molar-refractivity contribution in [3.63, 3.8) is 0 Å². The number of nitrogens with one attached hydrogen (secondary N) is 1. The van der Waals surface area contributed by atoms with Gasteiger partial charge in [0.25, 0.3) is 0 Å². The van der Waals surface area contributed by atoms with Crippen molar-refractivity contribution in [3.8, 4) is 11.1 Å². The quantitative estimate of drug-likeness (QED) is 0.808. The molecule has 154 valence electrons. The van der Waals surface area contributed by atoms with Gasteiger partial charge in [0, 0.05) is 31.3 Å². The summed E-state index contributed by atoms with van der Waals surface area (Å²) in [4.78, 5) is 15.1. The Morgan fingerprint density at radius 3 is 2.62 bits per heavy atom. The third kappa shape index (κ3) is 4.75. The molecule has 1 aliphatic carbocycles. The van der Waals surface area contributed by atoms with E-state index in [0.29, 0.717) is 0 Å². The second-order valence-electron chi connectivity index (χ2n) is 8.07. The Morgan fingerprint density at radius 2 is 1.86 bits per heavy atom. The summed E-state index contributed by atoms with van der Waals surface area (Å²) in [6.07, 6.45) is 5.25. The van der Waals surface area contributed by atoms with E-state index >= 15 is 0 Å². The van der Waals surface area contributed by atoms with Gasteiger partial charge in [-0.05, 0) is 60.4 Å². The molecule has 0 spiro atoms. The van der Waals surface area contributed by atoms with Crippen LogP contribution in [0.4, 0.5) is 4.39 Å². The standard InChI is InChI=1S/C23H27FN2O2S/c1-29(28)25-18-5-4-13-26(14-12-18)23(27)22-15-21(22)20-7-3-2-6-19(20)16-8-10-17(24)11-9-16/h2-3,6-11,18,21-22,25H,4-5,12-15H2,1H3. The van der Waals surface area contributed by atoms with Crippen molar-refractivity contribution in [2.75, 3.05) is 19.3 Å². The summed E-state index contributed by atoms with van der Waals surface area (Å²) in [5.74, 6) is 0.249. The number of hydrogen-bond donors (Lipinski definition) is 1. The summed E-state index contributed by atoms with van der Waals surface area (Å²) in [6, 6.07) is 14.9. The highest BCUT2D eigenvalue weighted by atomic mass is 32.2. The highest BCUT2D eigenvalue weighted by Gasteiger charge is 2.46. The van der Waals surface area contributed by atoms with Crippen LogP contribution < -0.4 is 4.72 Å². The molecule has 4 unspecified atom stereocenters. The largest absolute Gasteiger partial charge is 0.342 e. The Labute approximate surface area is 174 Å². The van der Waals surface area contributed by atoms with Gasteiger partial charge in [0.15, 0.2) is 0 Å². The molecule has 1 N–H and O–H groups in total. The van der Waals surface area contributed by atoms with Gasteiger partial charge >= 0.3 is 0 Å². The first-order chi connectivity index (χ1) is 14.0. The van der Waals surface area contributed by atoms with E-state index in [9.17, 15) is 13.4 Å². The molecule has 6 heteroatoms. The van der Waals surface area contributed by atoms with Crippen molar-refractivity contribution in [1.82, 2.24) is 9.62 Å². The maximum Gasteiger partial charge on any atom is 0.226 e. The minimum absolute atomic E-state index is 0.0291. The van der Waals surface area contributed by atoms with Gasteiger partial charge in [-0.2, -0.15) is 0 Å². The average Bonchev–Trinajstić information content (AvgIpc) is 3.52. The Morgan fingerprint density at radius 1 is 1.10 bits per heavy atom. The second kappa shape index (κ2) is 8.76. The number of carbonyl (C=O) groups is 1. The van der Waals surface area contributed by atoms with E-state index in [-0.39, 0.29) is 29.6 Å². The maximum absolute atomic E-state index is 13.3. The van der Waals surface area contributed by atoms with Crippen LogP contribution in [0.2, 0.25) is 0 Å². The maximum atomic E-state index is 13.3. The zero-order valence-electron chi connectivity index (χ0n) is 16.6. The van der Waals surface area contributed by atoms with Gasteiger partial charge in [0.05, 0.1) is 11.0 Å². The van der Waals surface area contributed by atoms with Gasteiger partial charge in [-0.1, -0.05) is 36.4 Å². The second-order valence-corrected chi connectivity index (χ2v) is 9.21.